The Morgan fingerprint density at radius 3 is 2.47 bits per heavy atom. The van der Waals surface area contributed by atoms with E-state index in [1.54, 1.807) is 0 Å². The van der Waals surface area contributed by atoms with Crippen molar-refractivity contribution < 1.29 is 9.53 Å². The first-order chi connectivity index (χ1) is 14.7. The van der Waals surface area contributed by atoms with E-state index in [1.807, 2.05) is 51.9 Å². The van der Waals surface area contributed by atoms with Crippen LogP contribution < -0.4 is 5.32 Å². The van der Waals surface area contributed by atoms with Crippen LogP contribution in [0.25, 0.3) is 0 Å². The number of guanidine groups is 1. The smallest absolute Gasteiger partial charge is 0.410 e. The zero-order valence-electron chi connectivity index (χ0n) is 20.3. The van der Waals surface area contributed by atoms with Crippen molar-refractivity contribution >= 4 is 36.0 Å². The van der Waals surface area contributed by atoms with Crippen LogP contribution in [0.4, 0.5) is 4.79 Å². The molecule has 1 N–H and O–H groups in total. The van der Waals surface area contributed by atoms with E-state index < -0.39 is 5.60 Å². The van der Waals surface area contributed by atoms with E-state index in [-0.39, 0.29) is 36.1 Å². The van der Waals surface area contributed by atoms with E-state index in [2.05, 4.69) is 26.3 Å². The number of likely N-dealkylation sites (tertiary alicyclic amines) is 1. The lowest BCUT2D eigenvalue weighted by Gasteiger charge is -2.40. The Kier molecular flexibility index (Phi) is 10.0. The molecule has 1 amide bonds. The van der Waals surface area contributed by atoms with Crippen LogP contribution >= 0.6 is 24.0 Å². The van der Waals surface area contributed by atoms with Gasteiger partial charge in [-0.3, -0.25) is 9.98 Å². The number of amides is 1. The summed E-state index contributed by atoms with van der Waals surface area (Å²) in [7, 11) is 1.84. The van der Waals surface area contributed by atoms with Gasteiger partial charge in [0.05, 0.1) is 0 Å². The van der Waals surface area contributed by atoms with Crippen molar-refractivity contribution in [3.8, 4) is 0 Å². The van der Waals surface area contributed by atoms with Crippen molar-refractivity contribution in [2.24, 2.45) is 10.9 Å². The van der Waals surface area contributed by atoms with Crippen molar-refractivity contribution in [2.45, 2.75) is 71.4 Å². The minimum atomic E-state index is -0.460. The van der Waals surface area contributed by atoms with E-state index >= 15 is 0 Å². The van der Waals surface area contributed by atoms with Gasteiger partial charge in [-0.1, -0.05) is 6.07 Å². The highest BCUT2D eigenvalue weighted by atomic mass is 127. The number of halogens is 1. The molecule has 1 saturated carbocycles. The summed E-state index contributed by atoms with van der Waals surface area (Å²) in [5.74, 6) is 1.58. The van der Waals surface area contributed by atoms with Crippen LogP contribution in [0.5, 0.6) is 0 Å². The molecule has 2 fully saturated rings. The zero-order chi connectivity index (χ0) is 22.4. The molecule has 0 unspecified atom stereocenters. The van der Waals surface area contributed by atoms with Gasteiger partial charge in [-0.25, -0.2) is 4.79 Å². The predicted octanol–water partition coefficient (Wildman–Crippen LogP) is 4.24. The molecule has 1 aromatic rings. The molecule has 32 heavy (non-hydrogen) atoms. The van der Waals surface area contributed by atoms with Gasteiger partial charge in [0, 0.05) is 51.2 Å². The first kappa shape index (κ1) is 26.7. The molecule has 1 aliphatic carbocycles. The Labute approximate surface area is 210 Å². The number of carbonyl (C=O) groups excluding carboxylic acids is 1. The maximum Gasteiger partial charge on any atom is 0.410 e. The first-order valence-corrected chi connectivity index (χ1v) is 11.6. The third kappa shape index (κ3) is 8.41. The summed E-state index contributed by atoms with van der Waals surface area (Å²) in [6, 6.07) is 4.42. The molecule has 0 bridgehead atoms. The third-order valence-corrected chi connectivity index (χ3v) is 5.87. The van der Waals surface area contributed by atoms with Gasteiger partial charge in [0.15, 0.2) is 5.96 Å². The first-order valence-electron chi connectivity index (χ1n) is 11.6. The standard InChI is InChI=1S/C24H39N5O2.HI/c1-18-6-7-19(16-27-18)10-13-26-22(25-5)28-14-11-21(12-15-28)29(17-20-8-9-20)23(30)31-24(2,3)4;/h6-7,16,20-21H,8-15,17H2,1-5H3,(H,25,26);1H. The summed E-state index contributed by atoms with van der Waals surface area (Å²) in [5, 5.41) is 3.49. The van der Waals surface area contributed by atoms with Crippen molar-refractivity contribution in [1.29, 1.82) is 0 Å². The summed E-state index contributed by atoms with van der Waals surface area (Å²) in [4.78, 5) is 26.0. The molecule has 2 heterocycles. The van der Waals surface area contributed by atoms with E-state index in [0.29, 0.717) is 5.92 Å². The van der Waals surface area contributed by atoms with E-state index in [9.17, 15) is 4.79 Å². The molecule has 8 heteroatoms. The van der Waals surface area contributed by atoms with Gasteiger partial charge in [0.1, 0.15) is 5.60 Å². The predicted molar refractivity (Wildman–Crippen MR) is 140 cm³/mol. The molecule has 0 atom stereocenters. The van der Waals surface area contributed by atoms with Gasteiger partial charge < -0.3 is 19.9 Å². The molecule has 180 valence electrons. The average molecular weight is 558 g/mol. The number of nitrogens with zero attached hydrogens (tertiary/aromatic N) is 4. The number of rotatable bonds is 6. The fourth-order valence-corrected chi connectivity index (χ4v) is 3.96. The zero-order valence-corrected chi connectivity index (χ0v) is 22.6. The quantitative estimate of drug-likeness (QED) is 0.322. The Morgan fingerprint density at radius 2 is 1.94 bits per heavy atom. The van der Waals surface area contributed by atoms with Gasteiger partial charge >= 0.3 is 6.09 Å². The number of pyridine rings is 1. The van der Waals surface area contributed by atoms with Gasteiger partial charge in [0.2, 0.25) is 0 Å². The number of carbonyl (C=O) groups is 1. The maximum absolute atomic E-state index is 12.8. The molecule has 0 radical (unpaired) electrons. The van der Waals surface area contributed by atoms with Crippen molar-refractivity contribution in [3.05, 3.63) is 29.6 Å². The average Bonchev–Trinajstić information content (AvgIpc) is 3.54. The van der Waals surface area contributed by atoms with Crippen LogP contribution in [0.15, 0.2) is 23.3 Å². The van der Waals surface area contributed by atoms with Crippen LogP contribution in [0.2, 0.25) is 0 Å². The lowest BCUT2D eigenvalue weighted by molar-refractivity contribution is 0.00928. The molecule has 0 spiro atoms. The van der Waals surface area contributed by atoms with Gasteiger partial charge in [-0.2, -0.15) is 0 Å². The highest BCUT2D eigenvalue weighted by Gasteiger charge is 2.35. The normalized spacial score (nSPS) is 17.5. The Bertz CT molecular complexity index is 751. The summed E-state index contributed by atoms with van der Waals surface area (Å²) >= 11 is 0. The number of aromatic nitrogens is 1. The van der Waals surface area contributed by atoms with Gasteiger partial charge in [-0.15, -0.1) is 24.0 Å². The monoisotopic (exact) mass is 557 g/mol. The number of aliphatic imine (C=N–C) groups is 1. The number of nitrogens with one attached hydrogen (secondary N) is 1. The molecule has 1 saturated heterocycles. The SMILES string of the molecule is CN=C(NCCc1ccc(C)nc1)N1CCC(N(CC2CC2)C(=O)OC(C)(C)C)CC1.I. The Morgan fingerprint density at radius 1 is 1.25 bits per heavy atom. The third-order valence-electron chi connectivity index (χ3n) is 5.87. The number of hydrogen-bond donors (Lipinski definition) is 1. The topological polar surface area (TPSA) is 70.1 Å². The Hall–Kier alpha value is -1.58. The second kappa shape index (κ2) is 12.0. The number of aryl methyl sites for hydroxylation is 1. The molecular weight excluding hydrogens is 517 g/mol. The molecule has 0 aromatic carbocycles. The number of hydrogen-bond acceptors (Lipinski definition) is 4. The van der Waals surface area contributed by atoms with Gasteiger partial charge in [-0.05, 0) is 77.3 Å². The van der Waals surface area contributed by atoms with E-state index in [1.165, 1.54) is 18.4 Å². The van der Waals surface area contributed by atoms with Crippen LogP contribution in [0.1, 0.15) is 57.7 Å². The number of piperidine rings is 1. The highest BCUT2D eigenvalue weighted by Crippen LogP contribution is 2.32. The van der Waals surface area contributed by atoms with Crippen LogP contribution in [0.3, 0.4) is 0 Å². The van der Waals surface area contributed by atoms with Crippen molar-refractivity contribution in [2.75, 3.05) is 33.2 Å². The summed E-state index contributed by atoms with van der Waals surface area (Å²) in [6.07, 6.45) is 7.03. The minimum Gasteiger partial charge on any atom is -0.444 e. The summed E-state index contributed by atoms with van der Waals surface area (Å²) < 4.78 is 5.71. The second-order valence-corrected chi connectivity index (χ2v) is 9.83. The van der Waals surface area contributed by atoms with Crippen LogP contribution in [-0.2, 0) is 11.2 Å². The largest absolute Gasteiger partial charge is 0.444 e. The highest BCUT2D eigenvalue weighted by molar-refractivity contribution is 14.0. The van der Waals surface area contributed by atoms with Crippen LogP contribution in [0, 0.1) is 12.8 Å². The molecule has 3 rings (SSSR count). The Balaban J connectivity index is 0.00000363. The fourth-order valence-electron chi connectivity index (χ4n) is 3.96. The van der Waals surface area contributed by atoms with E-state index in [4.69, 9.17) is 4.74 Å². The summed E-state index contributed by atoms with van der Waals surface area (Å²) in [6.45, 7) is 11.2. The van der Waals surface area contributed by atoms with Gasteiger partial charge in [0.25, 0.3) is 0 Å². The molecule has 1 aliphatic heterocycles. The van der Waals surface area contributed by atoms with E-state index in [0.717, 1.165) is 57.1 Å². The lowest BCUT2D eigenvalue weighted by Crippen LogP contribution is -2.52. The van der Waals surface area contributed by atoms with Crippen LogP contribution in [-0.4, -0.2) is 71.7 Å². The fraction of sp³-hybridized carbons (Fsp3) is 0.708. The second-order valence-electron chi connectivity index (χ2n) is 9.83. The number of ether oxygens (including phenoxy) is 1. The minimum absolute atomic E-state index is 0. The molecule has 7 nitrogen and oxygen atoms in total. The maximum atomic E-state index is 12.8. The van der Waals surface area contributed by atoms with Crippen molar-refractivity contribution in [3.63, 3.8) is 0 Å². The summed E-state index contributed by atoms with van der Waals surface area (Å²) in [5.41, 5.74) is 1.80. The molecular formula is C24H40IN5O2. The molecule has 2 aliphatic rings. The molecule has 1 aromatic heterocycles. The van der Waals surface area contributed by atoms with Crippen molar-refractivity contribution in [1.82, 2.24) is 20.1 Å². The lowest BCUT2D eigenvalue weighted by atomic mass is 10.0.